The monoisotopic (exact) mass is 310 g/mol. The molecule has 2 heterocycles. The number of fused-ring (bicyclic) bond motifs is 1. The molecule has 0 spiro atoms. The van der Waals surface area contributed by atoms with Gasteiger partial charge < -0.3 is 10.2 Å². The Morgan fingerprint density at radius 1 is 1.13 bits per heavy atom. The second-order valence-corrected chi connectivity index (χ2v) is 6.90. The molecule has 0 aliphatic carbocycles. The summed E-state index contributed by atoms with van der Waals surface area (Å²) in [6.45, 7) is 2.26. The third-order valence-electron chi connectivity index (χ3n) is 5.44. The Morgan fingerprint density at radius 3 is 2.65 bits per heavy atom. The van der Waals surface area contributed by atoms with Crippen LogP contribution in [0.5, 0.6) is 0 Å². The maximum Gasteiger partial charge on any atom is 0.123 e. The first-order valence-corrected chi connectivity index (χ1v) is 8.55. The van der Waals surface area contributed by atoms with Crippen LogP contribution in [0.25, 0.3) is 11.1 Å². The van der Waals surface area contributed by atoms with Crippen molar-refractivity contribution in [3.63, 3.8) is 0 Å². The summed E-state index contributed by atoms with van der Waals surface area (Å²) >= 11 is 0. The normalized spacial score (nSPS) is 23.7. The molecule has 0 amide bonds. The van der Waals surface area contributed by atoms with Gasteiger partial charge in [0.1, 0.15) is 5.82 Å². The molecule has 1 fully saturated rings. The average Bonchev–Trinajstić information content (AvgIpc) is 3.15. The quantitative estimate of drug-likeness (QED) is 0.899. The predicted molar refractivity (Wildman–Crippen MR) is 93.3 cm³/mol. The van der Waals surface area contributed by atoms with Gasteiger partial charge in [0.25, 0.3) is 0 Å². The molecule has 2 atom stereocenters. The van der Waals surface area contributed by atoms with Crippen molar-refractivity contribution < 1.29 is 4.39 Å². The van der Waals surface area contributed by atoms with Crippen LogP contribution in [0.15, 0.2) is 42.5 Å². The number of rotatable bonds is 3. The van der Waals surface area contributed by atoms with Crippen molar-refractivity contribution in [3.05, 3.63) is 53.8 Å². The third-order valence-corrected chi connectivity index (χ3v) is 5.44. The summed E-state index contributed by atoms with van der Waals surface area (Å²) in [5, 5.41) is 3.55. The van der Waals surface area contributed by atoms with E-state index >= 15 is 0 Å². The molecule has 23 heavy (non-hydrogen) atoms. The molecule has 4 rings (SSSR count). The zero-order valence-electron chi connectivity index (χ0n) is 13.6. The highest BCUT2D eigenvalue weighted by Gasteiger charge is 2.29. The SMILES string of the molecule is CN1CCC[C@@H]1CC1CNc2ccc(-c3ccc(F)cc3)cc21. The molecule has 3 heteroatoms. The van der Waals surface area contributed by atoms with Crippen LogP contribution in [0.4, 0.5) is 10.1 Å². The van der Waals surface area contributed by atoms with Gasteiger partial charge in [0.15, 0.2) is 0 Å². The van der Waals surface area contributed by atoms with Gasteiger partial charge in [-0.25, -0.2) is 4.39 Å². The summed E-state index contributed by atoms with van der Waals surface area (Å²) in [7, 11) is 2.25. The molecule has 120 valence electrons. The maximum absolute atomic E-state index is 13.1. The van der Waals surface area contributed by atoms with Gasteiger partial charge in [0, 0.05) is 24.2 Å². The summed E-state index contributed by atoms with van der Waals surface area (Å²) < 4.78 is 13.1. The van der Waals surface area contributed by atoms with Crippen LogP contribution < -0.4 is 5.32 Å². The Bertz CT molecular complexity index is 695. The smallest absolute Gasteiger partial charge is 0.123 e. The van der Waals surface area contributed by atoms with Gasteiger partial charge >= 0.3 is 0 Å². The summed E-state index contributed by atoms with van der Waals surface area (Å²) in [6, 6.07) is 14.1. The molecule has 1 saturated heterocycles. The molecule has 2 aliphatic rings. The lowest BCUT2D eigenvalue weighted by Gasteiger charge is -2.23. The Hall–Kier alpha value is -1.87. The fraction of sp³-hybridized carbons (Fsp3) is 0.400. The molecular formula is C20H23FN2. The van der Waals surface area contributed by atoms with Crippen molar-refractivity contribution in [3.8, 4) is 11.1 Å². The minimum absolute atomic E-state index is 0.182. The number of nitrogens with zero attached hydrogens (tertiary/aromatic N) is 1. The number of halogens is 1. The maximum atomic E-state index is 13.1. The molecule has 2 aromatic rings. The van der Waals surface area contributed by atoms with Crippen LogP contribution >= 0.6 is 0 Å². The number of hydrogen-bond acceptors (Lipinski definition) is 2. The van der Waals surface area contributed by atoms with Crippen LogP contribution in [0.3, 0.4) is 0 Å². The van der Waals surface area contributed by atoms with Gasteiger partial charge in [0.05, 0.1) is 0 Å². The van der Waals surface area contributed by atoms with E-state index in [1.807, 2.05) is 12.1 Å². The first-order valence-electron chi connectivity index (χ1n) is 8.55. The molecule has 2 aromatic carbocycles. The number of nitrogens with one attached hydrogen (secondary N) is 1. The van der Waals surface area contributed by atoms with E-state index in [1.54, 1.807) is 0 Å². The second kappa shape index (κ2) is 5.97. The van der Waals surface area contributed by atoms with Gasteiger partial charge in [-0.1, -0.05) is 18.2 Å². The van der Waals surface area contributed by atoms with Crippen molar-refractivity contribution in [2.45, 2.75) is 31.2 Å². The van der Waals surface area contributed by atoms with E-state index in [4.69, 9.17) is 0 Å². The summed E-state index contributed by atoms with van der Waals surface area (Å²) in [6.07, 6.45) is 3.87. The molecule has 0 bridgehead atoms. The minimum Gasteiger partial charge on any atom is -0.384 e. The van der Waals surface area contributed by atoms with Gasteiger partial charge in [-0.3, -0.25) is 0 Å². The summed E-state index contributed by atoms with van der Waals surface area (Å²) in [4.78, 5) is 2.50. The van der Waals surface area contributed by atoms with Gasteiger partial charge in [-0.05, 0) is 73.8 Å². The van der Waals surface area contributed by atoms with Gasteiger partial charge in [0.2, 0.25) is 0 Å². The standard InChI is InChI=1S/C20H23FN2/c1-23-10-2-3-18(23)11-16-13-22-20-9-6-15(12-19(16)20)14-4-7-17(21)8-5-14/h4-9,12,16,18,22H,2-3,10-11,13H2,1H3/t16?,18-/m1/s1. The zero-order valence-corrected chi connectivity index (χ0v) is 13.6. The lowest BCUT2D eigenvalue weighted by atomic mass is 9.91. The summed E-state index contributed by atoms with van der Waals surface area (Å²) in [5.41, 5.74) is 4.95. The van der Waals surface area contributed by atoms with Crippen molar-refractivity contribution >= 4 is 5.69 Å². The number of benzene rings is 2. The molecule has 0 aromatic heterocycles. The van der Waals surface area contributed by atoms with Crippen molar-refractivity contribution in [2.75, 3.05) is 25.5 Å². The minimum atomic E-state index is -0.182. The number of likely N-dealkylation sites (tertiary alicyclic amines) is 1. The molecule has 1 unspecified atom stereocenters. The predicted octanol–water partition coefficient (Wildman–Crippen LogP) is 4.49. The third kappa shape index (κ3) is 2.86. The van der Waals surface area contributed by atoms with E-state index in [0.29, 0.717) is 12.0 Å². The molecule has 0 radical (unpaired) electrons. The largest absolute Gasteiger partial charge is 0.384 e. The van der Waals surface area contributed by atoms with Crippen molar-refractivity contribution in [2.24, 2.45) is 0 Å². The lowest BCUT2D eigenvalue weighted by molar-refractivity contribution is 0.285. The van der Waals surface area contributed by atoms with Crippen LogP contribution in [0.1, 0.15) is 30.7 Å². The van der Waals surface area contributed by atoms with E-state index in [-0.39, 0.29) is 5.82 Å². The van der Waals surface area contributed by atoms with Crippen LogP contribution in [0, 0.1) is 5.82 Å². The summed E-state index contributed by atoms with van der Waals surface area (Å²) in [5.74, 6) is 0.398. The van der Waals surface area contributed by atoms with Crippen molar-refractivity contribution in [1.82, 2.24) is 4.90 Å². The first-order chi connectivity index (χ1) is 11.2. The second-order valence-electron chi connectivity index (χ2n) is 6.90. The average molecular weight is 310 g/mol. The molecule has 2 nitrogen and oxygen atoms in total. The van der Waals surface area contributed by atoms with E-state index in [9.17, 15) is 4.39 Å². The van der Waals surface area contributed by atoms with Crippen molar-refractivity contribution in [1.29, 1.82) is 0 Å². The Balaban J connectivity index is 1.60. The first kappa shape index (κ1) is 14.7. The highest BCUT2D eigenvalue weighted by molar-refractivity contribution is 5.70. The van der Waals surface area contributed by atoms with Crippen LogP contribution in [0.2, 0.25) is 0 Å². The fourth-order valence-corrected chi connectivity index (χ4v) is 4.04. The van der Waals surface area contributed by atoms with Crippen LogP contribution in [-0.4, -0.2) is 31.1 Å². The Morgan fingerprint density at radius 2 is 1.91 bits per heavy atom. The van der Waals surface area contributed by atoms with E-state index < -0.39 is 0 Å². The Kier molecular flexibility index (Phi) is 3.82. The molecule has 2 aliphatic heterocycles. The number of anilines is 1. The topological polar surface area (TPSA) is 15.3 Å². The lowest BCUT2D eigenvalue weighted by Crippen LogP contribution is -2.27. The molecular weight excluding hydrogens is 287 g/mol. The van der Waals surface area contributed by atoms with Crippen LogP contribution in [-0.2, 0) is 0 Å². The molecule has 0 saturated carbocycles. The van der Waals surface area contributed by atoms with E-state index in [0.717, 1.165) is 12.1 Å². The van der Waals surface area contributed by atoms with Gasteiger partial charge in [-0.2, -0.15) is 0 Å². The molecule has 1 N–H and O–H groups in total. The van der Waals surface area contributed by atoms with Gasteiger partial charge in [-0.15, -0.1) is 0 Å². The highest BCUT2D eigenvalue weighted by Crippen LogP contribution is 2.39. The van der Waals surface area contributed by atoms with E-state index in [2.05, 4.69) is 35.5 Å². The zero-order chi connectivity index (χ0) is 15.8. The highest BCUT2D eigenvalue weighted by atomic mass is 19.1. The fourth-order valence-electron chi connectivity index (χ4n) is 4.04. The number of hydrogen-bond donors (Lipinski definition) is 1. The van der Waals surface area contributed by atoms with E-state index in [1.165, 1.54) is 54.8 Å². The Labute approximate surface area is 137 Å².